The van der Waals surface area contributed by atoms with E-state index in [9.17, 15) is 8.42 Å². The molecule has 0 aromatic carbocycles. The average molecular weight is 517 g/mol. The van der Waals surface area contributed by atoms with E-state index < -0.39 is 9.84 Å². The minimum absolute atomic E-state index is 0. The topological polar surface area (TPSA) is 83.4 Å². The van der Waals surface area contributed by atoms with Crippen LogP contribution in [-0.2, 0) is 16.4 Å². The number of thiazole rings is 1. The van der Waals surface area contributed by atoms with E-state index in [0.717, 1.165) is 23.2 Å². The number of guanidine groups is 1. The average Bonchev–Trinajstić information content (AvgIpc) is 2.97. The minimum Gasteiger partial charge on any atom is -0.357 e. The summed E-state index contributed by atoms with van der Waals surface area (Å²) in [6.07, 6.45) is 1.89. The lowest BCUT2D eigenvalue weighted by Gasteiger charge is -2.25. The fourth-order valence-corrected chi connectivity index (χ4v) is 3.83. The van der Waals surface area contributed by atoms with Gasteiger partial charge >= 0.3 is 0 Å². The van der Waals surface area contributed by atoms with Crippen LogP contribution in [0.2, 0.25) is 0 Å². The van der Waals surface area contributed by atoms with Crippen LogP contribution in [0.4, 0.5) is 0 Å². The van der Waals surface area contributed by atoms with Crippen LogP contribution in [0, 0.1) is 5.41 Å². The Morgan fingerprint density at radius 3 is 2.50 bits per heavy atom. The fraction of sp³-hybridized carbons (Fsp3) is 0.765. The van der Waals surface area contributed by atoms with Crippen LogP contribution in [-0.4, -0.2) is 44.5 Å². The van der Waals surface area contributed by atoms with Gasteiger partial charge in [-0.25, -0.2) is 18.4 Å². The zero-order valence-electron chi connectivity index (χ0n) is 16.6. The number of aliphatic imine (C=N–C) groups is 1. The lowest BCUT2D eigenvalue weighted by atomic mass is 9.90. The molecule has 1 rings (SSSR count). The Morgan fingerprint density at radius 2 is 2.00 bits per heavy atom. The molecule has 6 nitrogen and oxygen atoms in total. The van der Waals surface area contributed by atoms with E-state index in [0.29, 0.717) is 25.4 Å². The van der Waals surface area contributed by atoms with Crippen molar-refractivity contribution in [1.82, 2.24) is 15.6 Å². The maximum Gasteiger partial charge on any atom is 0.191 e. The van der Waals surface area contributed by atoms with Gasteiger partial charge in [0.1, 0.15) is 14.8 Å². The number of nitrogens with zero attached hydrogens (tertiary/aromatic N) is 2. The van der Waals surface area contributed by atoms with E-state index in [1.807, 2.05) is 6.92 Å². The molecule has 1 aromatic rings. The molecule has 0 fully saturated rings. The third kappa shape index (κ3) is 10.7. The molecule has 0 saturated heterocycles. The van der Waals surface area contributed by atoms with E-state index in [4.69, 9.17) is 0 Å². The second-order valence-electron chi connectivity index (χ2n) is 7.41. The van der Waals surface area contributed by atoms with E-state index in [-0.39, 0.29) is 35.1 Å². The molecule has 0 saturated carbocycles. The van der Waals surface area contributed by atoms with E-state index in [1.165, 1.54) is 6.26 Å². The van der Waals surface area contributed by atoms with Crippen molar-refractivity contribution < 1.29 is 8.42 Å². The van der Waals surface area contributed by atoms with Gasteiger partial charge in [-0.15, -0.1) is 35.3 Å². The predicted molar refractivity (Wildman–Crippen MR) is 123 cm³/mol. The summed E-state index contributed by atoms with van der Waals surface area (Å²) in [5.74, 6) is 1.36. The number of halogens is 1. The third-order valence-electron chi connectivity index (χ3n) is 3.76. The largest absolute Gasteiger partial charge is 0.357 e. The van der Waals surface area contributed by atoms with Crippen LogP contribution in [0.5, 0.6) is 0 Å². The molecule has 0 spiro atoms. The molecule has 0 aliphatic rings. The molecule has 1 aromatic heterocycles. The molecule has 0 unspecified atom stereocenters. The van der Waals surface area contributed by atoms with Crippen LogP contribution in [0.3, 0.4) is 0 Å². The highest BCUT2D eigenvalue weighted by molar-refractivity contribution is 14.0. The first-order valence-electron chi connectivity index (χ1n) is 8.66. The van der Waals surface area contributed by atoms with Crippen LogP contribution < -0.4 is 10.6 Å². The predicted octanol–water partition coefficient (Wildman–Crippen LogP) is 3.40. The van der Waals surface area contributed by atoms with E-state index in [1.54, 1.807) is 11.3 Å². The summed E-state index contributed by atoms with van der Waals surface area (Å²) in [4.78, 5) is 9.19. The number of aromatic nitrogens is 1. The summed E-state index contributed by atoms with van der Waals surface area (Å²) in [6, 6.07) is 0. The Bertz CT molecular complexity index is 670. The number of nitrogens with one attached hydrogen (secondary N) is 2. The molecular weight excluding hydrogens is 483 g/mol. The van der Waals surface area contributed by atoms with Crippen LogP contribution in [0.1, 0.15) is 57.7 Å². The Morgan fingerprint density at radius 1 is 1.35 bits per heavy atom. The molecule has 0 radical (unpaired) electrons. The van der Waals surface area contributed by atoms with Gasteiger partial charge in [-0.3, -0.25) is 0 Å². The van der Waals surface area contributed by atoms with Crippen LogP contribution in [0.15, 0.2) is 10.4 Å². The first kappa shape index (κ1) is 25.6. The maximum atomic E-state index is 11.4. The summed E-state index contributed by atoms with van der Waals surface area (Å²) in [5.41, 5.74) is 0.973. The zero-order valence-corrected chi connectivity index (χ0v) is 20.6. The minimum atomic E-state index is -2.94. The molecule has 0 bridgehead atoms. The second kappa shape index (κ2) is 11.4. The second-order valence-corrected chi connectivity index (χ2v) is 10.6. The summed E-state index contributed by atoms with van der Waals surface area (Å²) in [7, 11) is -2.94. The number of rotatable bonds is 9. The van der Waals surface area contributed by atoms with Gasteiger partial charge < -0.3 is 10.6 Å². The van der Waals surface area contributed by atoms with Gasteiger partial charge in [-0.2, -0.15) is 0 Å². The van der Waals surface area contributed by atoms with Gasteiger partial charge in [0.25, 0.3) is 0 Å². The van der Waals surface area contributed by atoms with Gasteiger partial charge in [0, 0.05) is 24.7 Å². The van der Waals surface area contributed by atoms with Gasteiger partial charge in [0.15, 0.2) is 5.96 Å². The number of sulfone groups is 1. The van der Waals surface area contributed by atoms with Gasteiger partial charge in [0.2, 0.25) is 0 Å². The van der Waals surface area contributed by atoms with Crippen molar-refractivity contribution in [3.05, 3.63) is 16.1 Å². The quantitative estimate of drug-likeness (QED) is 0.299. The van der Waals surface area contributed by atoms with E-state index >= 15 is 0 Å². The number of hydrogen-bond acceptors (Lipinski definition) is 5. The molecule has 152 valence electrons. The maximum absolute atomic E-state index is 11.4. The Hall–Kier alpha value is -0.420. The lowest BCUT2D eigenvalue weighted by Crippen LogP contribution is -2.42. The molecule has 1 heterocycles. The normalized spacial score (nSPS) is 12.8. The highest BCUT2D eigenvalue weighted by Gasteiger charge is 2.20. The molecule has 26 heavy (non-hydrogen) atoms. The molecule has 0 aliphatic carbocycles. The smallest absolute Gasteiger partial charge is 0.191 e. The molecule has 9 heteroatoms. The zero-order chi connectivity index (χ0) is 19.1. The molecular formula is C17H33IN4O2S2. The fourth-order valence-electron chi connectivity index (χ4n) is 2.02. The molecule has 0 atom stereocenters. The molecule has 2 N–H and O–H groups in total. The standard InChI is InChI=1S/C17H32N4O2S2.HI/c1-7-18-16(19-10-15-21-14(11-24-15)13(2)3)20-12-17(4,5)8-9-25(6,22)23;/h11,13H,7-10,12H2,1-6H3,(H2,18,19,20);1H. The van der Waals surface area contributed by atoms with Gasteiger partial charge in [0.05, 0.1) is 18.0 Å². The van der Waals surface area contributed by atoms with Crippen molar-refractivity contribution in [1.29, 1.82) is 0 Å². The van der Waals surface area contributed by atoms with Crippen molar-refractivity contribution in [2.24, 2.45) is 10.4 Å². The van der Waals surface area contributed by atoms with Crippen molar-refractivity contribution in [2.45, 2.75) is 53.5 Å². The molecule has 0 aliphatic heterocycles. The third-order valence-corrected chi connectivity index (χ3v) is 5.56. The highest BCUT2D eigenvalue weighted by atomic mass is 127. The first-order chi connectivity index (χ1) is 11.5. The van der Waals surface area contributed by atoms with Crippen LogP contribution >= 0.6 is 35.3 Å². The van der Waals surface area contributed by atoms with Crippen molar-refractivity contribution >= 4 is 51.1 Å². The molecule has 0 amide bonds. The Kier molecular flexibility index (Phi) is 11.2. The first-order valence-corrected chi connectivity index (χ1v) is 11.6. The van der Waals surface area contributed by atoms with Crippen molar-refractivity contribution in [3.8, 4) is 0 Å². The summed E-state index contributed by atoms with van der Waals surface area (Å²) in [5, 5.41) is 9.63. The van der Waals surface area contributed by atoms with Gasteiger partial charge in [-0.05, 0) is 24.7 Å². The van der Waals surface area contributed by atoms with Crippen LogP contribution in [0.25, 0.3) is 0 Å². The lowest BCUT2D eigenvalue weighted by molar-refractivity contribution is 0.348. The monoisotopic (exact) mass is 516 g/mol. The summed E-state index contributed by atoms with van der Waals surface area (Å²) < 4.78 is 22.7. The van der Waals surface area contributed by atoms with Crippen molar-refractivity contribution in [3.63, 3.8) is 0 Å². The summed E-state index contributed by atoms with van der Waals surface area (Å²) >= 11 is 1.63. The Balaban J connectivity index is 0.00000625. The van der Waals surface area contributed by atoms with Gasteiger partial charge in [-0.1, -0.05) is 27.7 Å². The van der Waals surface area contributed by atoms with E-state index in [2.05, 4.69) is 53.7 Å². The summed E-state index contributed by atoms with van der Waals surface area (Å²) in [6.45, 7) is 12.4. The SMILES string of the molecule is CCNC(=NCc1nc(C(C)C)cs1)NCC(C)(C)CCS(C)(=O)=O.I. The van der Waals surface area contributed by atoms with Crippen molar-refractivity contribution in [2.75, 3.05) is 25.1 Å². The number of hydrogen-bond donors (Lipinski definition) is 2. The Labute approximate surface area is 179 Å². The highest BCUT2D eigenvalue weighted by Crippen LogP contribution is 2.20.